The van der Waals surface area contributed by atoms with E-state index in [0.29, 0.717) is 17.4 Å². The number of carboxylic acid groups (broad SMARTS) is 1. The predicted octanol–water partition coefficient (Wildman–Crippen LogP) is 9.61. The molecule has 9 heteroatoms. The van der Waals surface area contributed by atoms with Gasteiger partial charge in [0.15, 0.2) is 12.4 Å². The lowest BCUT2D eigenvalue weighted by atomic mass is 10.0. The molecular weight excluding hydrogens is 658 g/mol. The van der Waals surface area contributed by atoms with E-state index in [4.69, 9.17) is 18.9 Å². The number of unbranched alkanes of at least 4 members (excludes halogenated alkanes) is 25. The van der Waals surface area contributed by atoms with E-state index in [9.17, 15) is 19.5 Å². The van der Waals surface area contributed by atoms with E-state index in [1.165, 1.54) is 135 Å². The van der Waals surface area contributed by atoms with Crippen molar-refractivity contribution in [1.82, 2.24) is 0 Å². The molecule has 2 atom stereocenters. The van der Waals surface area contributed by atoms with Crippen LogP contribution in [0.5, 0.6) is 0 Å². The second kappa shape index (κ2) is 36.3. The van der Waals surface area contributed by atoms with Gasteiger partial charge in [0.1, 0.15) is 13.2 Å². The van der Waals surface area contributed by atoms with E-state index >= 15 is 0 Å². The van der Waals surface area contributed by atoms with Gasteiger partial charge in [0.25, 0.3) is 0 Å². The first-order valence-corrected chi connectivity index (χ1v) is 21.7. The highest BCUT2D eigenvalue weighted by molar-refractivity contribution is 5.70. The fourth-order valence-electron chi connectivity index (χ4n) is 6.18. The van der Waals surface area contributed by atoms with Crippen molar-refractivity contribution in [2.45, 2.75) is 212 Å². The summed E-state index contributed by atoms with van der Waals surface area (Å²) in [5, 5.41) is 11.7. The second-order valence-corrected chi connectivity index (χ2v) is 16.0. The van der Waals surface area contributed by atoms with Gasteiger partial charge >= 0.3 is 11.9 Å². The van der Waals surface area contributed by atoms with Gasteiger partial charge in [-0.3, -0.25) is 9.59 Å². The number of quaternary nitrogens is 1. The lowest BCUT2D eigenvalue weighted by molar-refractivity contribution is -0.870. The fourth-order valence-corrected chi connectivity index (χ4v) is 6.18. The molecule has 0 aliphatic rings. The van der Waals surface area contributed by atoms with Gasteiger partial charge < -0.3 is 33.3 Å². The number of rotatable bonds is 40. The largest absolute Gasteiger partial charge is 0.545 e. The number of carboxylic acids is 1. The van der Waals surface area contributed by atoms with Crippen LogP contribution in [0.3, 0.4) is 0 Å². The number of hydrogen-bond acceptors (Lipinski definition) is 8. The molecule has 0 heterocycles. The first kappa shape index (κ1) is 50.3. The summed E-state index contributed by atoms with van der Waals surface area (Å²) >= 11 is 0. The molecule has 0 rings (SSSR count). The molecule has 0 aromatic heterocycles. The third kappa shape index (κ3) is 36.6. The maximum absolute atomic E-state index is 12.7. The number of hydrogen-bond donors (Lipinski definition) is 0. The van der Waals surface area contributed by atoms with Gasteiger partial charge in [-0.1, -0.05) is 174 Å². The van der Waals surface area contributed by atoms with Crippen LogP contribution in [0.15, 0.2) is 0 Å². The van der Waals surface area contributed by atoms with Gasteiger partial charge in [-0.2, -0.15) is 0 Å². The van der Waals surface area contributed by atoms with E-state index in [-0.39, 0.29) is 32.2 Å². The van der Waals surface area contributed by atoms with E-state index < -0.39 is 24.3 Å². The highest BCUT2D eigenvalue weighted by Crippen LogP contribution is 2.16. The molecule has 0 aliphatic carbocycles. The SMILES string of the molecule is CCCCCCCCCCCCCCCCCCCC(=O)OC(COC(=O)CCCCCCCCCCCC)COC(OCC[N+](C)(C)C)C(=O)[O-]. The molecule has 0 amide bonds. The maximum Gasteiger partial charge on any atom is 0.306 e. The zero-order valence-electron chi connectivity index (χ0n) is 34.7. The van der Waals surface area contributed by atoms with Crippen molar-refractivity contribution < 1.29 is 42.9 Å². The topological polar surface area (TPSA) is 111 Å². The Hall–Kier alpha value is -1.71. The highest BCUT2D eigenvalue weighted by atomic mass is 16.7. The minimum atomic E-state index is -1.61. The summed E-state index contributed by atoms with van der Waals surface area (Å²) < 4.78 is 22.5. The fraction of sp³-hybridized carbons (Fsp3) is 0.930. The van der Waals surface area contributed by atoms with Crippen molar-refractivity contribution in [3.63, 3.8) is 0 Å². The normalized spacial score (nSPS) is 12.9. The molecular formula is C43H83NO8. The minimum absolute atomic E-state index is 0.153. The Kier molecular flexibility index (Phi) is 35.1. The lowest BCUT2D eigenvalue weighted by Crippen LogP contribution is -2.44. The monoisotopic (exact) mass is 742 g/mol. The van der Waals surface area contributed by atoms with E-state index in [1.807, 2.05) is 21.1 Å². The van der Waals surface area contributed by atoms with E-state index in [0.717, 1.165) is 38.5 Å². The number of aliphatic carboxylic acids is 1. The first-order valence-electron chi connectivity index (χ1n) is 21.7. The molecule has 0 spiro atoms. The second-order valence-electron chi connectivity index (χ2n) is 16.0. The molecule has 9 nitrogen and oxygen atoms in total. The van der Waals surface area contributed by atoms with Crippen molar-refractivity contribution in [1.29, 1.82) is 0 Å². The van der Waals surface area contributed by atoms with Gasteiger partial charge in [-0.15, -0.1) is 0 Å². The number of carbonyl (C=O) groups is 3. The van der Waals surface area contributed by atoms with Crippen LogP contribution in [0.2, 0.25) is 0 Å². The molecule has 0 N–H and O–H groups in total. The standard InChI is InChI=1S/C43H83NO8/c1-6-8-10-12-14-16-18-19-20-21-22-23-24-26-28-30-32-34-41(46)52-39(38-51-43(42(47)48)49-36-35-44(3,4)5)37-50-40(45)33-31-29-27-25-17-15-13-11-9-7-2/h39,43H,6-38H2,1-5H3. The summed E-state index contributed by atoms with van der Waals surface area (Å²) in [5.41, 5.74) is 0. The molecule has 0 saturated heterocycles. The molecule has 0 saturated carbocycles. The first-order chi connectivity index (χ1) is 25.1. The summed E-state index contributed by atoms with van der Waals surface area (Å²) in [4.78, 5) is 36.8. The van der Waals surface area contributed by atoms with Crippen LogP contribution in [-0.4, -0.2) is 82.3 Å². The van der Waals surface area contributed by atoms with Crippen LogP contribution in [0.1, 0.15) is 200 Å². The number of ether oxygens (including phenoxy) is 4. The Balaban J connectivity index is 4.39. The van der Waals surface area contributed by atoms with Crippen LogP contribution in [-0.2, 0) is 33.3 Å². The number of nitrogens with zero attached hydrogens (tertiary/aromatic N) is 1. The lowest BCUT2D eigenvalue weighted by Gasteiger charge is -2.26. The van der Waals surface area contributed by atoms with Gasteiger partial charge in [-0.25, -0.2) is 0 Å². The summed E-state index contributed by atoms with van der Waals surface area (Å²) in [6.45, 7) is 4.75. The summed E-state index contributed by atoms with van der Waals surface area (Å²) in [6, 6.07) is 0. The highest BCUT2D eigenvalue weighted by Gasteiger charge is 2.21. The minimum Gasteiger partial charge on any atom is -0.545 e. The van der Waals surface area contributed by atoms with Crippen LogP contribution >= 0.6 is 0 Å². The molecule has 52 heavy (non-hydrogen) atoms. The molecule has 0 fully saturated rings. The van der Waals surface area contributed by atoms with Gasteiger partial charge in [0.2, 0.25) is 0 Å². The third-order valence-corrected chi connectivity index (χ3v) is 9.60. The number of likely N-dealkylation sites (N-methyl/N-ethyl adjacent to an activating group) is 1. The van der Waals surface area contributed by atoms with Crippen LogP contribution in [0.25, 0.3) is 0 Å². The van der Waals surface area contributed by atoms with Crippen molar-refractivity contribution in [2.75, 3.05) is 47.5 Å². The molecule has 308 valence electrons. The van der Waals surface area contributed by atoms with Crippen molar-refractivity contribution in [3.8, 4) is 0 Å². The zero-order valence-corrected chi connectivity index (χ0v) is 34.7. The number of carbonyl (C=O) groups excluding carboxylic acids is 3. The van der Waals surface area contributed by atoms with E-state index in [1.54, 1.807) is 0 Å². The molecule has 2 unspecified atom stereocenters. The maximum atomic E-state index is 12.7. The Morgan fingerprint density at radius 1 is 0.500 bits per heavy atom. The Bertz CT molecular complexity index is 830. The van der Waals surface area contributed by atoms with Crippen molar-refractivity contribution in [3.05, 3.63) is 0 Å². The van der Waals surface area contributed by atoms with Crippen LogP contribution in [0.4, 0.5) is 0 Å². The predicted molar refractivity (Wildman–Crippen MR) is 210 cm³/mol. The summed E-state index contributed by atoms with van der Waals surface area (Å²) in [7, 11) is 5.91. The molecule has 0 radical (unpaired) electrons. The van der Waals surface area contributed by atoms with Crippen LogP contribution in [0, 0.1) is 0 Å². The average Bonchev–Trinajstić information content (AvgIpc) is 3.09. The van der Waals surface area contributed by atoms with Crippen molar-refractivity contribution >= 4 is 17.9 Å². The Morgan fingerprint density at radius 2 is 0.865 bits per heavy atom. The molecule has 0 aromatic carbocycles. The smallest absolute Gasteiger partial charge is 0.306 e. The summed E-state index contributed by atoms with van der Waals surface area (Å²) in [6.07, 6.45) is 31.3. The van der Waals surface area contributed by atoms with E-state index in [2.05, 4.69) is 13.8 Å². The average molecular weight is 742 g/mol. The molecule has 0 aliphatic heterocycles. The number of esters is 2. The van der Waals surface area contributed by atoms with Gasteiger partial charge in [0, 0.05) is 12.8 Å². The Morgan fingerprint density at radius 3 is 1.23 bits per heavy atom. The van der Waals surface area contributed by atoms with Gasteiger partial charge in [-0.05, 0) is 12.8 Å². The van der Waals surface area contributed by atoms with Crippen molar-refractivity contribution in [2.24, 2.45) is 0 Å². The molecule has 0 aromatic rings. The summed E-state index contributed by atoms with van der Waals surface area (Å²) in [5.74, 6) is -2.27. The quantitative estimate of drug-likeness (QED) is 0.0264. The van der Waals surface area contributed by atoms with Gasteiger partial charge in [0.05, 0.1) is 40.3 Å². The zero-order chi connectivity index (χ0) is 38.5. The van der Waals surface area contributed by atoms with Crippen LogP contribution < -0.4 is 5.11 Å². The molecule has 0 bridgehead atoms. The Labute approximate surface area is 320 Å². The third-order valence-electron chi connectivity index (χ3n) is 9.60.